The third kappa shape index (κ3) is 4.08. The van der Waals surface area contributed by atoms with E-state index in [1.54, 1.807) is 30.5 Å². The van der Waals surface area contributed by atoms with Gasteiger partial charge < -0.3 is 19.4 Å². The quantitative estimate of drug-likeness (QED) is 0.346. The van der Waals surface area contributed by atoms with Crippen LogP contribution in [0.2, 0.25) is 0 Å². The number of benzene rings is 3. The first-order chi connectivity index (χ1) is 17.0. The molecule has 2 aromatic heterocycles. The number of carbonyl (C=O) groups excluding carboxylic acids is 1. The lowest BCUT2D eigenvalue weighted by molar-refractivity contribution is -0.140. The predicted molar refractivity (Wildman–Crippen MR) is 131 cm³/mol. The number of rotatable bonds is 5. The van der Waals surface area contributed by atoms with E-state index in [9.17, 15) is 19.8 Å². The highest BCUT2D eigenvalue weighted by atomic mass is 16.5. The number of methoxy groups -OCH3 is 1. The van der Waals surface area contributed by atoms with E-state index in [0.717, 1.165) is 17.0 Å². The lowest BCUT2D eigenvalue weighted by atomic mass is 9.86. The number of nitrogens with zero attached hydrogens (tertiary/aromatic N) is 1. The Morgan fingerprint density at radius 2 is 1.80 bits per heavy atom. The minimum absolute atomic E-state index is 0.00837. The summed E-state index contributed by atoms with van der Waals surface area (Å²) in [5.74, 6) is -1.68. The number of pyridine rings is 1. The van der Waals surface area contributed by atoms with E-state index in [-0.39, 0.29) is 34.5 Å². The Kier molecular flexibility index (Phi) is 5.66. The van der Waals surface area contributed by atoms with Crippen molar-refractivity contribution >= 4 is 27.8 Å². The first-order valence-corrected chi connectivity index (χ1v) is 11.0. The van der Waals surface area contributed by atoms with Gasteiger partial charge in [-0.3, -0.25) is 14.6 Å². The Morgan fingerprint density at radius 1 is 1.00 bits per heavy atom. The third-order valence-corrected chi connectivity index (χ3v) is 6.03. The molecule has 35 heavy (non-hydrogen) atoms. The van der Waals surface area contributed by atoms with Crippen molar-refractivity contribution in [3.63, 3.8) is 0 Å². The van der Waals surface area contributed by atoms with Crippen molar-refractivity contribution in [3.8, 4) is 22.8 Å². The summed E-state index contributed by atoms with van der Waals surface area (Å²) in [6.45, 7) is 0. The average Bonchev–Trinajstić information content (AvgIpc) is 2.87. The maximum Gasteiger partial charge on any atom is 0.306 e. The largest absolute Gasteiger partial charge is 0.507 e. The van der Waals surface area contributed by atoms with Gasteiger partial charge in [-0.15, -0.1) is 0 Å². The highest BCUT2D eigenvalue weighted by molar-refractivity contribution is 5.91. The molecule has 2 heterocycles. The zero-order valence-electron chi connectivity index (χ0n) is 18.8. The van der Waals surface area contributed by atoms with E-state index in [1.165, 1.54) is 13.2 Å². The molecule has 2 N–H and O–H groups in total. The van der Waals surface area contributed by atoms with Gasteiger partial charge in [0.15, 0.2) is 5.43 Å². The number of ether oxygens (including phenoxy) is 1. The Bertz CT molecular complexity index is 1620. The summed E-state index contributed by atoms with van der Waals surface area (Å²) in [6.07, 6.45) is 1.56. The fourth-order valence-corrected chi connectivity index (χ4v) is 4.35. The molecule has 1 atom stereocenters. The molecule has 0 aliphatic rings. The highest BCUT2D eigenvalue weighted by Gasteiger charge is 2.28. The maximum absolute atomic E-state index is 13.1. The summed E-state index contributed by atoms with van der Waals surface area (Å²) in [6, 6.07) is 20.6. The van der Waals surface area contributed by atoms with Crippen LogP contribution in [0.3, 0.4) is 0 Å². The van der Waals surface area contributed by atoms with Gasteiger partial charge >= 0.3 is 5.97 Å². The molecular formula is C28H21NO6. The van der Waals surface area contributed by atoms with Gasteiger partial charge in [-0.1, -0.05) is 42.5 Å². The SMILES string of the molecule is COC(=O)C[C@H](c1ccc2ncccc2c1)c1c(O)cc(O)c2c(=O)cc(-c3ccccc3)oc12. The Balaban J connectivity index is 1.81. The van der Waals surface area contributed by atoms with Gasteiger partial charge in [0, 0.05) is 40.8 Å². The minimum atomic E-state index is -0.732. The molecule has 7 nitrogen and oxygen atoms in total. The summed E-state index contributed by atoms with van der Waals surface area (Å²) >= 11 is 0. The minimum Gasteiger partial charge on any atom is -0.507 e. The molecular weight excluding hydrogens is 446 g/mol. The summed E-state index contributed by atoms with van der Waals surface area (Å²) in [7, 11) is 1.28. The third-order valence-electron chi connectivity index (χ3n) is 6.03. The molecule has 174 valence electrons. The van der Waals surface area contributed by atoms with E-state index < -0.39 is 23.1 Å². The highest BCUT2D eigenvalue weighted by Crippen LogP contribution is 2.43. The molecule has 5 rings (SSSR count). The fourth-order valence-electron chi connectivity index (χ4n) is 4.35. The molecule has 7 heteroatoms. The van der Waals surface area contributed by atoms with Gasteiger partial charge in [-0.2, -0.15) is 0 Å². The van der Waals surface area contributed by atoms with E-state index in [4.69, 9.17) is 9.15 Å². The number of fused-ring (bicyclic) bond motifs is 2. The molecule has 0 fully saturated rings. The van der Waals surface area contributed by atoms with E-state index in [2.05, 4.69) is 4.98 Å². The van der Waals surface area contributed by atoms with Crippen LogP contribution in [0, 0.1) is 0 Å². The Morgan fingerprint density at radius 3 is 2.57 bits per heavy atom. The predicted octanol–water partition coefficient (Wildman–Crippen LogP) is 5.11. The van der Waals surface area contributed by atoms with Crippen LogP contribution in [0.4, 0.5) is 0 Å². The average molecular weight is 467 g/mol. The second-order valence-corrected chi connectivity index (χ2v) is 8.16. The van der Waals surface area contributed by atoms with Crippen molar-refractivity contribution < 1.29 is 24.2 Å². The number of esters is 1. The van der Waals surface area contributed by atoms with Crippen LogP contribution in [-0.2, 0) is 9.53 Å². The number of phenols is 2. The van der Waals surface area contributed by atoms with Crippen molar-refractivity contribution in [3.05, 3.63) is 100 Å². The van der Waals surface area contributed by atoms with Crippen LogP contribution in [0.1, 0.15) is 23.5 Å². The zero-order valence-corrected chi connectivity index (χ0v) is 18.8. The number of aromatic nitrogens is 1. The number of hydrogen-bond donors (Lipinski definition) is 2. The topological polar surface area (TPSA) is 110 Å². The zero-order chi connectivity index (χ0) is 24.5. The standard InChI is InChI=1S/C28H21NO6/c1-34-25(33)13-19(17-9-10-20-18(12-17)8-5-11-29-20)26-21(30)14-22(31)27-23(32)15-24(35-28(26)27)16-6-3-2-4-7-16/h2-12,14-15,19,30-31H,13H2,1H3/t19-/m1/s1. The molecule has 0 aliphatic carbocycles. The number of phenolic OH excluding ortho intramolecular Hbond substituents is 2. The molecule has 0 bridgehead atoms. The van der Waals surface area contributed by atoms with Crippen LogP contribution in [0.5, 0.6) is 11.5 Å². The first kappa shape index (κ1) is 22.2. The van der Waals surface area contributed by atoms with E-state index >= 15 is 0 Å². The summed E-state index contributed by atoms with van der Waals surface area (Å²) in [5.41, 5.74) is 1.86. The van der Waals surface area contributed by atoms with Crippen molar-refractivity contribution in [1.29, 1.82) is 0 Å². The van der Waals surface area contributed by atoms with Gasteiger partial charge in [-0.05, 0) is 23.8 Å². The van der Waals surface area contributed by atoms with E-state index in [0.29, 0.717) is 11.1 Å². The van der Waals surface area contributed by atoms with Crippen molar-refractivity contribution in [2.75, 3.05) is 7.11 Å². The molecule has 0 unspecified atom stereocenters. The van der Waals surface area contributed by atoms with Gasteiger partial charge in [0.25, 0.3) is 0 Å². The fraction of sp³-hybridized carbons (Fsp3) is 0.107. The van der Waals surface area contributed by atoms with Gasteiger partial charge in [0.2, 0.25) is 0 Å². The van der Waals surface area contributed by atoms with Crippen molar-refractivity contribution in [1.82, 2.24) is 4.98 Å². The van der Waals surface area contributed by atoms with Crippen LogP contribution in [-0.4, -0.2) is 28.3 Å². The normalized spacial score (nSPS) is 12.0. The summed E-state index contributed by atoms with van der Waals surface area (Å²) < 4.78 is 11.1. The smallest absolute Gasteiger partial charge is 0.306 e. The molecule has 3 aromatic carbocycles. The maximum atomic E-state index is 13.1. The van der Waals surface area contributed by atoms with Crippen LogP contribution >= 0.6 is 0 Å². The molecule has 0 radical (unpaired) electrons. The number of hydrogen-bond acceptors (Lipinski definition) is 7. The van der Waals surface area contributed by atoms with Gasteiger partial charge in [0.05, 0.1) is 19.0 Å². The molecule has 0 spiro atoms. The Labute approximate surface area is 199 Å². The van der Waals surface area contributed by atoms with Crippen LogP contribution in [0.15, 0.2) is 88.2 Å². The van der Waals surface area contributed by atoms with Crippen molar-refractivity contribution in [2.24, 2.45) is 0 Å². The van der Waals surface area contributed by atoms with E-state index in [1.807, 2.05) is 36.4 Å². The summed E-state index contributed by atoms with van der Waals surface area (Å²) in [4.78, 5) is 29.8. The molecule has 0 amide bonds. The van der Waals surface area contributed by atoms with Crippen molar-refractivity contribution in [2.45, 2.75) is 12.3 Å². The lowest BCUT2D eigenvalue weighted by Crippen LogP contribution is -2.12. The van der Waals surface area contributed by atoms with Gasteiger partial charge in [0.1, 0.15) is 28.2 Å². The second kappa shape index (κ2) is 8.95. The lowest BCUT2D eigenvalue weighted by Gasteiger charge is -2.20. The Hall–Kier alpha value is -4.65. The first-order valence-electron chi connectivity index (χ1n) is 11.0. The van der Waals surface area contributed by atoms with Crippen LogP contribution in [0.25, 0.3) is 33.2 Å². The van der Waals surface area contributed by atoms with Crippen LogP contribution < -0.4 is 5.43 Å². The number of aromatic hydroxyl groups is 2. The van der Waals surface area contributed by atoms with Gasteiger partial charge in [-0.25, -0.2) is 0 Å². The summed E-state index contributed by atoms with van der Waals surface area (Å²) in [5, 5.41) is 22.3. The molecule has 5 aromatic rings. The monoisotopic (exact) mass is 467 g/mol. The molecule has 0 saturated carbocycles. The number of carbonyl (C=O) groups is 1. The second-order valence-electron chi connectivity index (χ2n) is 8.16. The molecule has 0 saturated heterocycles. The molecule has 0 aliphatic heterocycles.